The van der Waals surface area contributed by atoms with Gasteiger partial charge in [0, 0.05) is 22.0 Å². The van der Waals surface area contributed by atoms with Crippen molar-refractivity contribution in [3.63, 3.8) is 0 Å². The number of aryl methyl sites for hydroxylation is 1. The van der Waals surface area contributed by atoms with E-state index in [9.17, 15) is 4.79 Å². The monoisotopic (exact) mass is 249 g/mol. The largest absolute Gasteiger partial charge is 0.326 e. The summed E-state index contributed by atoms with van der Waals surface area (Å²) in [6.07, 6.45) is 0. The van der Waals surface area contributed by atoms with Crippen LogP contribution in [0.2, 0.25) is 5.02 Å². The summed E-state index contributed by atoms with van der Waals surface area (Å²) < 4.78 is 0. The van der Waals surface area contributed by atoms with Crippen molar-refractivity contribution in [2.45, 2.75) is 13.8 Å². The van der Waals surface area contributed by atoms with E-state index in [-0.39, 0.29) is 5.56 Å². The molecule has 88 valence electrons. The van der Waals surface area contributed by atoms with E-state index in [0.29, 0.717) is 22.2 Å². The van der Waals surface area contributed by atoms with Crippen molar-refractivity contribution in [2.24, 2.45) is 0 Å². The molecule has 4 nitrogen and oxygen atoms in total. The molecule has 0 saturated heterocycles. The molecule has 1 aromatic heterocycles. The van der Waals surface area contributed by atoms with E-state index in [1.54, 1.807) is 26.0 Å². The maximum atomic E-state index is 11.5. The Morgan fingerprint density at radius 1 is 1.24 bits per heavy atom. The van der Waals surface area contributed by atoms with E-state index >= 15 is 0 Å². The number of halogens is 1. The average Bonchev–Trinajstić information content (AvgIpc) is 2.29. The van der Waals surface area contributed by atoms with Crippen LogP contribution in [0.5, 0.6) is 0 Å². The van der Waals surface area contributed by atoms with Gasteiger partial charge in [-0.25, -0.2) is 4.98 Å². The molecule has 0 aliphatic carbocycles. The lowest BCUT2D eigenvalue weighted by Crippen LogP contribution is -2.15. The van der Waals surface area contributed by atoms with E-state index in [0.717, 1.165) is 5.69 Å². The minimum atomic E-state index is -0.131. The molecule has 17 heavy (non-hydrogen) atoms. The van der Waals surface area contributed by atoms with E-state index in [1.807, 2.05) is 12.1 Å². The molecule has 1 heterocycles. The van der Waals surface area contributed by atoms with Crippen LogP contribution in [0.1, 0.15) is 11.3 Å². The molecular weight excluding hydrogens is 238 g/mol. The van der Waals surface area contributed by atoms with Gasteiger partial charge in [0.25, 0.3) is 5.56 Å². The third kappa shape index (κ3) is 2.65. The molecule has 0 radical (unpaired) electrons. The highest BCUT2D eigenvalue weighted by atomic mass is 35.5. The number of aromatic amines is 1. The highest BCUT2D eigenvalue weighted by Gasteiger charge is 2.03. The molecule has 2 rings (SSSR count). The van der Waals surface area contributed by atoms with Gasteiger partial charge >= 0.3 is 0 Å². The molecule has 0 aliphatic rings. The predicted octanol–water partition coefficient (Wildman–Crippen LogP) is 2.78. The van der Waals surface area contributed by atoms with Crippen LogP contribution in [0, 0.1) is 13.8 Å². The Labute approximate surface area is 104 Å². The van der Waals surface area contributed by atoms with Crippen LogP contribution < -0.4 is 10.9 Å². The summed E-state index contributed by atoms with van der Waals surface area (Å²) in [6.45, 7) is 3.55. The molecule has 5 heteroatoms. The molecule has 0 amide bonds. The van der Waals surface area contributed by atoms with Gasteiger partial charge in [-0.1, -0.05) is 11.6 Å². The van der Waals surface area contributed by atoms with Crippen molar-refractivity contribution < 1.29 is 0 Å². The van der Waals surface area contributed by atoms with Crippen molar-refractivity contribution in [2.75, 3.05) is 5.32 Å². The summed E-state index contributed by atoms with van der Waals surface area (Å²) >= 11 is 5.78. The van der Waals surface area contributed by atoms with Crippen molar-refractivity contribution in [1.82, 2.24) is 9.97 Å². The van der Waals surface area contributed by atoms with Gasteiger partial charge < -0.3 is 5.32 Å². The molecule has 2 N–H and O–H groups in total. The maximum Gasteiger partial charge on any atom is 0.255 e. The average molecular weight is 250 g/mol. The van der Waals surface area contributed by atoms with Crippen LogP contribution in [0.25, 0.3) is 0 Å². The Morgan fingerprint density at radius 3 is 2.47 bits per heavy atom. The first-order valence-electron chi connectivity index (χ1n) is 5.16. The van der Waals surface area contributed by atoms with Crippen LogP contribution in [-0.4, -0.2) is 9.97 Å². The van der Waals surface area contributed by atoms with Gasteiger partial charge in [0.15, 0.2) is 0 Å². The molecule has 0 aliphatic heterocycles. The summed E-state index contributed by atoms with van der Waals surface area (Å²) in [7, 11) is 0. The Morgan fingerprint density at radius 2 is 1.88 bits per heavy atom. The number of aromatic nitrogens is 2. The normalized spacial score (nSPS) is 10.3. The van der Waals surface area contributed by atoms with Crippen molar-refractivity contribution >= 4 is 23.2 Å². The first-order valence-corrected chi connectivity index (χ1v) is 5.54. The zero-order valence-corrected chi connectivity index (χ0v) is 10.3. The second kappa shape index (κ2) is 4.59. The molecule has 2 aromatic rings. The fourth-order valence-corrected chi connectivity index (χ4v) is 1.50. The quantitative estimate of drug-likeness (QED) is 0.861. The summed E-state index contributed by atoms with van der Waals surface area (Å²) in [4.78, 5) is 18.5. The summed E-state index contributed by atoms with van der Waals surface area (Å²) in [6, 6.07) is 7.17. The number of hydrogen-bond acceptors (Lipinski definition) is 3. The fraction of sp³-hybridized carbons (Fsp3) is 0.167. The molecule has 0 unspecified atom stereocenters. The third-order valence-corrected chi connectivity index (χ3v) is 2.75. The lowest BCUT2D eigenvalue weighted by Gasteiger charge is -2.07. The van der Waals surface area contributed by atoms with Gasteiger partial charge in [-0.05, 0) is 38.1 Å². The molecule has 0 atom stereocenters. The highest BCUT2D eigenvalue weighted by molar-refractivity contribution is 6.30. The number of benzene rings is 1. The number of H-pyrrole nitrogens is 1. The first-order chi connectivity index (χ1) is 8.06. The van der Waals surface area contributed by atoms with Gasteiger partial charge in [-0.15, -0.1) is 0 Å². The fourth-order valence-electron chi connectivity index (χ4n) is 1.37. The predicted molar refractivity (Wildman–Crippen MR) is 69.1 cm³/mol. The van der Waals surface area contributed by atoms with Gasteiger partial charge in [-0.2, -0.15) is 0 Å². The van der Waals surface area contributed by atoms with Crippen molar-refractivity contribution in [3.05, 3.63) is 50.9 Å². The van der Waals surface area contributed by atoms with Gasteiger partial charge in [-0.3, -0.25) is 9.78 Å². The van der Waals surface area contributed by atoms with Crippen molar-refractivity contribution in [1.29, 1.82) is 0 Å². The molecule has 0 bridgehead atoms. The first kappa shape index (κ1) is 11.7. The Kier molecular flexibility index (Phi) is 3.15. The standard InChI is InChI=1S/C12H12ClN3O/c1-7-8(2)14-12(16-11(7)17)15-10-5-3-9(13)4-6-10/h3-6H,1-2H3,(H2,14,15,16,17). The minimum Gasteiger partial charge on any atom is -0.326 e. The summed E-state index contributed by atoms with van der Waals surface area (Å²) in [5, 5.41) is 3.68. The Hall–Kier alpha value is -1.81. The zero-order chi connectivity index (χ0) is 12.4. The number of hydrogen-bond donors (Lipinski definition) is 2. The number of nitrogens with one attached hydrogen (secondary N) is 2. The SMILES string of the molecule is Cc1nc(Nc2ccc(Cl)cc2)[nH]c(=O)c1C. The van der Waals surface area contributed by atoms with Crippen LogP contribution in [0.15, 0.2) is 29.1 Å². The van der Waals surface area contributed by atoms with E-state index in [2.05, 4.69) is 15.3 Å². The Bertz CT molecular complexity index is 590. The second-order valence-electron chi connectivity index (χ2n) is 3.76. The van der Waals surface area contributed by atoms with Gasteiger partial charge in [0.2, 0.25) is 5.95 Å². The van der Waals surface area contributed by atoms with Crippen molar-refractivity contribution in [3.8, 4) is 0 Å². The van der Waals surface area contributed by atoms with E-state index in [4.69, 9.17) is 11.6 Å². The lowest BCUT2D eigenvalue weighted by atomic mass is 10.3. The number of nitrogens with zero attached hydrogens (tertiary/aromatic N) is 1. The second-order valence-corrected chi connectivity index (χ2v) is 4.19. The molecule has 0 fully saturated rings. The van der Waals surface area contributed by atoms with Crippen LogP contribution in [0.4, 0.5) is 11.6 Å². The zero-order valence-electron chi connectivity index (χ0n) is 9.54. The Balaban J connectivity index is 2.30. The molecule has 1 aromatic carbocycles. The van der Waals surface area contributed by atoms with E-state index < -0.39 is 0 Å². The van der Waals surface area contributed by atoms with Crippen LogP contribution in [0.3, 0.4) is 0 Å². The number of rotatable bonds is 2. The molecule has 0 saturated carbocycles. The van der Waals surface area contributed by atoms with Gasteiger partial charge in [0.1, 0.15) is 0 Å². The summed E-state index contributed by atoms with van der Waals surface area (Å²) in [5.41, 5.74) is 2.03. The maximum absolute atomic E-state index is 11.5. The van der Waals surface area contributed by atoms with E-state index in [1.165, 1.54) is 0 Å². The number of anilines is 2. The minimum absolute atomic E-state index is 0.131. The van der Waals surface area contributed by atoms with Gasteiger partial charge in [0.05, 0.1) is 0 Å². The third-order valence-electron chi connectivity index (χ3n) is 2.50. The summed E-state index contributed by atoms with van der Waals surface area (Å²) in [5.74, 6) is 0.431. The lowest BCUT2D eigenvalue weighted by molar-refractivity contribution is 1.03. The van der Waals surface area contributed by atoms with Crippen LogP contribution >= 0.6 is 11.6 Å². The van der Waals surface area contributed by atoms with Crippen LogP contribution in [-0.2, 0) is 0 Å². The molecular formula is C12H12ClN3O. The smallest absolute Gasteiger partial charge is 0.255 e. The highest BCUT2D eigenvalue weighted by Crippen LogP contribution is 2.16. The topological polar surface area (TPSA) is 57.8 Å². The molecule has 0 spiro atoms.